The maximum atomic E-state index is 11.4. The van der Waals surface area contributed by atoms with Crippen LogP contribution in [-0.4, -0.2) is 38.8 Å². The number of aromatic carboxylic acids is 1. The van der Waals surface area contributed by atoms with Crippen LogP contribution in [-0.2, 0) is 12.0 Å². The summed E-state index contributed by atoms with van der Waals surface area (Å²) in [6.07, 6.45) is 4.57. The van der Waals surface area contributed by atoms with Gasteiger partial charge in [-0.25, -0.2) is 4.79 Å². The smallest absolute Gasteiger partial charge is 0.335 e. The third kappa shape index (κ3) is 3.36. The molecule has 1 saturated heterocycles. The van der Waals surface area contributed by atoms with Crippen LogP contribution >= 0.6 is 0 Å². The number of likely N-dealkylation sites (tertiary alicyclic amines) is 1. The Morgan fingerprint density at radius 3 is 2.89 bits per heavy atom. The topological polar surface area (TPSA) is 71.5 Å². The molecule has 1 aromatic carbocycles. The summed E-state index contributed by atoms with van der Waals surface area (Å²) >= 11 is 0. The second-order valence-electron chi connectivity index (χ2n) is 7.92. The molecule has 0 amide bonds. The zero-order valence-corrected chi connectivity index (χ0v) is 16.2. The van der Waals surface area contributed by atoms with Crippen molar-refractivity contribution in [1.82, 2.24) is 14.6 Å². The van der Waals surface area contributed by atoms with E-state index in [1.54, 1.807) is 12.3 Å². The minimum Gasteiger partial charge on any atom is -0.478 e. The SMILES string of the molecule is C[C@H]1CN(Cc2cccn2-c2ccon2)CC[C@@]1(C)c1cccc(C(=O)O)c1. The summed E-state index contributed by atoms with van der Waals surface area (Å²) in [4.78, 5) is 13.8. The van der Waals surface area contributed by atoms with Crippen molar-refractivity contribution in [3.63, 3.8) is 0 Å². The normalized spacial score (nSPS) is 23.0. The number of hydrogen-bond donors (Lipinski definition) is 1. The molecule has 1 aliphatic rings. The van der Waals surface area contributed by atoms with Gasteiger partial charge in [-0.15, -0.1) is 0 Å². The fourth-order valence-corrected chi connectivity index (χ4v) is 4.22. The highest BCUT2D eigenvalue weighted by Crippen LogP contribution is 2.40. The van der Waals surface area contributed by atoms with Crippen LogP contribution in [0.1, 0.15) is 41.9 Å². The minimum absolute atomic E-state index is 0.0317. The van der Waals surface area contributed by atoms with Crippen LogP contribution in [0.25, 0.3) is 5.82 Å². The summed E-state index contributed by atoms with van der Waals surface area (Å²) in [6, 6.07) is 13.4. The summed E-state index contributed by atoms with van der Waals surface area (Å²) in [5.41, 5.74) is 2.62. The largest absolute Gasteiger partial charge is 0.478 e. The summed E-state index contributed by atoms with van der Waals surface area (Å²) in [6.45, 7) is 7.28. The molecule has 2 atom stereocenters. The highest BCUT2D eigenvalue weighted by atomic mass is 16.5. The fourth-order valence-electron chi connectivity index (χ4n) is 4.22. The van der Waals surface area contributed by atoms with Gasteiger partial charge in [0.2, 0.25) is 0 Å². The quantitative estimate of drug-likeness (QED) is 0.726. The molecule has 0 radical (unpaired) electrons. The first kappa shape index (κ1) is 18.5. The van der Waals surface area contributed by atoms with Crippen molar-refractivity contribution in [2.75, 3.05) is 13.1 Å². The van der Waals surface area contributed by atoms with E-state index in [2.05, 4.69) is 40.6 Å². The van der Waals surface area contributed by atoms with E-state index in [0.717, 1.165) is 37.4 Å². The lowest BCUT2D eigenvalue weighted by Gasteiger charge is -2.45. The van der Waals surface area contributed by atoms with Crippen LogP contribution in [0.3, 0.4) is 0 Å². The molecule has 0 spiro atoms. The number of piperidine rings is 1. The highest BCUT2D eigenvalue weighted by Gasteiger charge is 2.38. The summed E-state index contributed by atoms with van der Waals surface area (Å²) in [5.74, 6) is 0.324. The van der Waals surface area contributed by atoms with Gasteiger partial charge in [-0.2, -0.15) is 0 Å². The van der Waals surface area contributed by atoms with Crippen LogP contribution in [0.5, 0.6) is 0 Å². The van der Waals surface area contributed by atoms with Crippen LogP contribution in [0, 0.1) is 5.92 Å². The van der Waals surface area contributed by atoms with Gasteiger partial charge >= 0.3 is 5.97 Å². The van der Waals surface area contributed by atoms with Gasteiger partial charge in [0.05, 0.1) is 5.56 Å². The zero-order valence-electron chi connectivity index (χ0n) is 16.2. The number of nitrogens with zero attached hydrogens (tertiary/aromatic N) is 3. The average Bonchev–Trinajstić information content (AvgIpc) is 3.36. The van der Waals surface area contributed by atoms with E-state index in [0.29, 0.717) is 11.5 Å². The maximum absolute atomic E-state index is 11.4. The molecule has 28 heavy (non-hydrogen) atoms. The van der Waals surface area contributed by atoms with Gasteiger partial charge in [0, 0.05) is 31.0 Å². The lowest BCUT2D eigenvalue weighted by atomic mass is 9.68. The standard InChI is InChI=1S/C22H25N3O3/c1-16-14-24(15-19-7-4-10-25(19)20-8-12-28-23-20)11-9-22(16,2)18-6-3-5-17(13-18)21(26)27/h3-8,10,12-13,16H,9,11,14-15H2,1-2H3,(H,26,27)/t16-,22+/m0/s1. The molecule has 1 fully saturated rings. The Kier molecular flexibility index (Phi) is 4.81. The Balaban J connectivity index is 1.50. The molecule has 6 nitrogen and oxygen atoms in total. The van der Waals surface area contributed by atoms with Crippen molar-refractivity contribution in [3.05, 3.63) is 71.7 Å². The van der Waals surface area contributed by atoms with E-state index in [4.69, 9.17) is 4.52 Å². The van der Waals surface area contributed by atoms with Crippen molar-refractivity contribution in [1.29, 1.82) is 0 Å². The zero-order chi connectivity index (χ0) is 19.7. The number of aromatic nitrogens is 2. The average molecular weight is 379 g/mol. The molecule has 0 saturated carbocycles. The van der Waals surface area contributed by atoms with Crippen molar-refractivity contribution in [2.24, 2.45) is 5.92 Å². The van der Waals surface area contributed by atoms with E-state index in [1.807, 2.05) is 30.5 Å². The first-order valence-electron chi connectivity index (χ1n) is 9.60. The maximum Gasteiger partial charge on any atom is 0.335 e. The predicted octanol–water partition coefficient (Wildman–Crippen LogP) is 3.96. The van der Waals surface area contributed by atoms with E-state index < -0.39 is 5.97 Å². The van der Waals surface area contributed by atoms with Crippen LogP contribution in [0.2, 0.25) is 0 Å². The van der Waals surface area contributed by atoms with Gasteiger partial charge in [-0.1, -0.05) is 31.1 Å². The van der Waals surface area contributed by atoms with Crippen LogP contribution < -0.4 is 0 Å². The molecule has 4 rings (SSSR count). The molecular weight excluding hydrogens is 354 g/mol. The number of carbonyl (C=O) groups is 1. The molecule has 1 aliphatic heterocycles. The Bertz CT molecular complexity index is 963. The highest BCUT2D eigenvalue weighted by molar-refractivity contribution is 5.87. The molecule has 3 heterocycles. The molecule has 0 unspecified atom stereocenters. The summed E-state index contributed by atoms with van der Waals surface area (Å²) < 4.78 is 7.03. The summed E-state index contributed by atoms with van der Waals surface area (Å²) in [7, 11) is 0. The molecule has 6 heteroatoms. The molecule has 3 aromatic rings. The minimum atomic E-state index is -0.871. The third-order valence-corrected chi connectivity index (χ3v) is 6.23. The van der Waals surface area contributed by atoms with Gasteiger partial charge in [-0.3, -0.25) is 4.90 Å². The van der Waals surface area contributed by atoms with Crippen LogP contribution in [0.4, 0.5) is 0 Å². The second kappa shape index (κ2) is 7.28. The van der Waals surface area contributed by atoms with E-state index in [9.17, 15) is 9.90 Å². The first-order valence-corrected chi connectivity index (χ1v) is 9.60. The molecule has 146 valence electrons. The number of benzene rings is 1. The monoisotopic (exact) mass is 379 g/mol. The third-order valence-electron chi connectivity index (χ3n) is 6.23. The molecule has 0 bridgehead atoms. The number of rotatable bonds is 5. The van der Waals surface area contributed by atoms with Crippen molar-refractivity contribution >= 4 is 5.97 Å². The molecule has 1 N–H and O–H groups in total. The van der Waals surface area contributed by atoms with Gasteiger partial charge in [0.25, 0.3) is 0 Å². The number of carboxylic acids is 1. The second-order valence-corrected chi connectivity index (χ2v) is 7.92. The predicted molar refractivity (Wildman–Crippen MR) is 106 cm³/mol. The van der Waals surface area contributed by atoms with Crippen molar-refractivity contribution in [3.8, 4) is 5.82 Å². The number of hydrogen-bond acceptors (Lipinski definition) is 4. The number of carboxylic acid groups (broad SMARTS) is 1. The van der Waals surface area contributed by atoms with Gasteiger partial charge in [0.1, 0.15) is 6.26 Å². The van der Waals surface area contributed by atoms with Gasteiger partial charge < -0.3 is 14.2 Å². The lowest BCUT2D eigenvalue weighted by Crippen LogP contribution is -2.47. The Hall–Kier alpha value is -2.86. The Morgan fingerprint density at radius 1 is 1.32 bits per heavy atom. The summed E-state index contributed by atoms with van der Waals surface area (Å²) in [5, 5.41) is 13.4. The molecular formula is C22H25N3O3. The van der Waals surface area contributed by atoms with Crippen LogP contribution in [0.15, 0.2) is 59.4 Å². The molecule has 0 aliphatic carbocycles. The van der Waals surface area contributed by atoms with E-state index in [1.165, 1.54) is 5.69 Å². The first-order chi connectivity index (χ1) is 13.5. The fraction of sp³-hybridized carbons (Fsp3) is 0.364. The van der Waals surface area contributed by atoms with Crippen molar-refractivity contribution in [2.45, 2.75) is 32.2 Å². The Labute approximate surface area is 164 Å². The Morgan fingerprint density at radius 2 is 2.18 bits per heavy atom. The van der Waals surface area contributed by atoms with E-state index >= 15 is 0 Å². The van der Waals surface area contributed by atoms with Gasteiger partial charge in [-0.05, 0) is 54.1 Å². The lowest BCUT2D eigenvalue weighted by molar-refractivity contribution is 0.0696. The van der Waals surface area contributed by atoms with E-state index in [-0.39, 0.29) is 5.41 Å². The van der Waals surface area contributed by atoms with Gasteiger partial charge in [0.15, 0.2) is 5.82 Å². The van der Waals surface area contributed by atoms with Crippen molar-refractivity contribution < 1.29 is 14.4 Å². The molecule has 2 aromatic heterocycles.